The van der Waals surface area contributed by atoms with E-state index < -0.39 is 6.04 Å². The number of amides is 2. The number of benzene rings is 2. The van der Waals surface area contributed by atoms with Crippen LogP contribution in [0.4, 0.5) is 0 Å². The summed E-state index contributed by atoms with van der Waals surface area (Å²) in [5.74, 6) is 0.105. The van der Waals surface area contributed by atoms with E-state index in [2.05, 4.69) is 5.32 Å². The highest BCUT2D eigenvalue weighted by Gasteiger charge is 2.28. The van der Waals surface area contributed by atoms with E-state index in [9.17, 15) is 9.59 Å². The standard InChI is InChI=1S/C22H27ClN2O2S/c1-4-20(22(27)24-5-2)25(14-17-9-7-6-8-16(17)3)21(26)15-28-19-12-10-18(23)11-13-19/h6-13,20H,4-5,14-15H2,1-3H3,(H,24,27). The van der Waals surface area contributed by atoms with Gasteiger partial charge >= 0.3 is 0 Å². The second kappa shape index (κ2) is 11.1. The molecule has 2 aromatic rings. The van der Waals surface area contributed by atoms with Crippen molar-refractivity contribution in [3.8, 4) is 0 Å². The zero-order chi connectivity index (χ0) is 20.5. The molecule has 0 saturated heterocycles. The Hall–Kier alpha value is -1.98. The molecule has 2 rings (SSSR count). The largest absolute Gasteiger partial charge is 0.355 e. The van der Waals surface area contributed by atoms with Gasteiger partial charge in [-0.3, -0.25) is 9.59 Å². The van der Waals surface area contributed by atoms with Crippen LogP contribution in [-0.2, 0) is 16.1 Å². The van der Waals surface area contributed by atoms with Crippen molar-refractivity contribution in [2.75, 3.05) is 12.3 Å². The number of rotatable bonds is 9. The van der Waals surface area contributed by atoms with E-state index in [4.69, 9.17) is 11.6 Å². The fourth-order valence-corrected chi connectivity index (χ4v) is 3.85. The Labute approximate surface area is 176 Å². The van der Waals surface area contributed by atoms with Crippen molar-refractivity contribution in [2.45, 2.75) is 44.7 Å². The van der Waals surface area contributed by atoms with Gasteiger partial charge in [-0.1, -0.05) is 42.8 Å². The lowest BCUT2D eigenvalue weighted by Crippen LogP contribution is -2.49. The first-order chi connectivity index (χ1) is 13.5. The van der Waals surface area contributed by atoms with Crippen LogP contribution in [0.2, 0.25) is 5.02 Å². The molecule has 1 unspecified atom stereocenters. The fraction of sp³-hybridized carbons (Fsp3) is 0.364. The molecule has 2 amide bonds. The van der Waals surface area contributed by atoms with E-state index in [0.29, 0.717) is 24.5 Å². The number of nitrogens with one attached hydrogen (secondary N) is 1. The minimum absolute atomic E-state index is 0.0543. The molecule has 0 radical (unpaired) electrons. The zero-order valence-corrected chi connectivity index (χ0v) is 18.1. The molecule has 6 heteroatoms. The number of carbonyl (C=O) groups excluding carboxylic acids is 2. The van der Waals surface area contributed by atoms with Crippen LogP contribution in [0, 0.1) is 6.92 Å². The molecule has 1 atom stereocenters. The van der Waals surface area contributed by atoms with Gasteiger partial charge in [0.25, 0.3) is 0 Å². The Morgan fingerprint density at radius 1 is 1.11 bits per heavy atom. The van der Waals surface area contributed by atoms with E-state index in [0.717, 1.165) is 16.0 Å². The highest BCUT2D eigenvalue weighted by molar-refractivity contribution is 8.00. The highest BCUT2D eigenvalue weighted by atomic mass is 35.5. The molecule has 0 aliphatic rings. The van der Waals surface area contributed by atoms with Crippen molar-refractivity contribution < 1.29 is 9.59 Å². The number of hydrogen-bond donors (Lipinski definition) is 1. The second-order valence-corrected chi connectivity index (χ2v) is 7.99. The average Bonchev–Trinajstić information content (AvgIpc) is 2.69. The Balaban J connectivity index is 2.20. The summed E-state index contributed by atoms with van der Waals surface area (Å²) in [5, 5.41) is 3.52. The van der Waals surface area contributed by atoms with Gasteiger partial charge in [0.05, 0.1) is 5.75 Å². The van der Waals surface area contributed by atoms with Crippen LogP contribution in [0.1, 0.15) is 31.4 Å². The van der Waals surface area contributed by atoms with Gasteiger partial charge in [0.15, 0.2) is 0 Å². The van der Waals surface area contributed by atoms with Gasteiger partial charge in [-0.15, -0.1) is 11.8 Å². The molecule has 0 fully saturated rings. The number of likely N-dealkylation sites (N-methyl/N-ethyl adjacent to an activating group) is 1. The number of aryl methyl sites for hydroxylation is 1. The van der Waals surface area contributed by atoms with Gasteiger partial charge < -0.3 is 10.2 Å². The summed E-state index contributed by atoms with van der Waals surface area (Å²) in [6.45, 7) is 6.80. The van der Waals surface area contributed by atoms with Crippen molar-refractivity contribution >= 4 is 35.2 Å². The van der Waals surface area contributed by atoms with Crippen LogP contribution in [0.5, 0.6) is 0 Å². The summed E-state index contributed by atoms with van der Waals surface area (Å²) in [6, 6.07) is 14.9. The van der Waals surface area contributed by atoms with Gasteiger partial charge in [-0.25, -0.2) is 0 Å². The summed E-state index contributed by atoms with van der Waals surface area (Å²) >= 11 is 7.38. The topological polar surface area (TPSA) is 49.4 Å². The van der Waals surface area contributed by atoms with Crippen LogP contribution < -0.4 is 5.32 Å². The predicted octanol–water partition coefficient (Wildman–Crippen LogP) is 4.68. The smallest absolute Gasteiger partial charge is 0.242 e. The first kappa shape index (κ1) is 22.3. The lowest BCUT2D eigenvalue weighted by molar-refractivity contribution is -0.139. The van der Waals surface area contributed by atoms with Crippen LogP contribution in [-0.4, -0.2) is 35.1 Å². The second-order valence-electron chi connectivity index (χ2n) is 6.51. The molecule has 1 N–H and O–H groups in total. The number of carbonyl (C=O) groups is 2. The van der Waals surface area contributed by atoms with Gasteiger partial charge in [-0.2, -0.15) is 0 Å². The molecule has 0 aromatic heterocycles. The number of halogens is 1. The lowest BCUT2D eigenvalue weighted by atomic mass is 10.1. The zero-order valence-electron chi connectivity index (χ0n) is 16.6. The molecule has 0 saturated carbocycles. The third-order valence-corrected chi connectivity index (χ3v) is 5.76. The molecule has 4 nitrogen and oxygen atoms in total. The van der Waals surface area contributed by atoms with Crippen LogP contribution in [0.3, 0.4) is 0 Å². The Morgan fingerprint density at radius 3 is 2.39 bits per heavy atom. The van der Waals surface area contributed by atoms with Gasteiger partial charge in [0, 0.05) is 23.0 Å². The first-order valence-electron chi connectivity index (χ1n) is 9.46. The summed E-state index contributed by atoms with van der Waals surface area (Å²) in [7, 11) is 0. The molecular weight excluding hydrogens is 392 g/mol. The molecule has 0 aliphatic carbocycles. The molecule has 150 valence electrons. The lowest BCUT2D eigenvalue weighted by Gasteiger charge is -2.31. The van der Waals surface area contributed by atoms with E-state index in [1.165, 1.54) is 11.8 Å². The van der Waals surface area contributed by atoms with Crippen LogP contribution in [0.15, 0.2) is 53.4 Å². The molecule has 0 spiro atoms. The maximum atomic E-state index is 13.1. The van der Waals surface area contributed by atoms with Crippen molar-refractivity contribution in [2.24, 2.45) is 0 Å². The minimum Gasteiger partial charge on any atom is -0.355 e. The van der Waals surface area contributed by atoms with Crippen molar-refractivity contribution in [1.29, 1.82) is 0 Å². The third kappa shape index (κ3) is 6.28. The van der Waals surface area contributed by atoms with Crippen molar-refractivity contribution in [3.63, 3.8) is 0 Å². The molecule has 28 heavy (non-hydrogen) atoms. The van der Waals surface area contributed by atoms with Gasteiger partial charge in [-0.05, 0) is 55.7 Å². The number of thioether (sulfide) groups is 1. The van der Waals surface area contributed by atoms with Crippen molar-refractivity contribution in [1.82, 2.24) is 10.2 Å². The van der Waals surface area contributed by atoms with E-state index in [-0.39, 0.29) is 17.6 Å². The quantitative estimate of drug-likeness (QED) is 0.601. The minimum atomic E-state index is -0.488. The normalized spacial score (nSPS) is 11.7. The third-order valence-electron chi connectivity index (χ3n) is 4.51. The molecule has 0 bridgehead atoms. The average molecular weight is 419 g/mol. The van der Waals surface area contributed by atoms with Crippen molar-refractivity contribution in [3.05, 3.63) is 64.7 Å². The number of hydrogen-bond acceptors (Lipinski definition) is 3. The van der Waals surface area contributed by atoms with Crippen LogP contribution >= 0.6 is 23.4 Å². The van der Waals surface area contributed by atoms with E-state index >= 15 is 0 Å². The summed E-state index contributed by atoms with van der Waals surface area (Å²) in [5.41, 5.74) is 2.16. The summed E-state index contributed by atoms with van der Waals surface area (Å²) < 4.78 is 0. The summed E-state index contributed by atoms with van der Waals surface area (Å²) in [6.07, 6.45) is 0.565. The SMILES string of the molecule is CCNC(=O)C(CC)N(Cc1ccccc1C)C(=O)CSc1ccc(Cl)cc1. The van der Waals surface area contributed by atoms with Crippen LogP contribution in [0.25, 0.3) is 0 Å². The molecule has 2 aromatic carbocycles. The maximum Gasteiger partial charge on any atom is 0.242 e. The van der Waals surface area contributed by atoms with Gasteiger partial charge in [0.1, 0.15) is 6.04 Å². The summed E-state index contributed by atoms with van der Waals surface area (Å²) in [4.78, 5) is 28.4. The Bertz CT molecular complexity index is 795. The first-order valence-corrected chi connectivity index (χ1v) is 10.8. The Morgan fingerprint density at radius 2 is 1.79 bits per heavy atom. The molecular formula is C22H27ClN2O2S. The highest BCUT2D eigenvalue weighted by Crippen LogP contribution is 2.22. The Kier molecular flexibility index (Phi) is 8.87. The molecule has 0 heterocycles. The molecule has 0 aliphatic heterocycles. The monoisotopic (exact) mass is 418 g/mol. The fourth-order valence-electron chi connectivity index (χ4n) is 2.94. The predicted molar refractivity (Wildman–Crippen MR) is 117 cm³/mol. The van der Waals surface area contributed by atoms with Gasteiger partial charge in [0.2, 0.25) is 11.8 Å². The maximum absolute atomic E-state index is 13.1. The van der Waals surface area contributed by atoms with E-state index in [1.807, 2.05) is 69.3 Å². The van der Waals surface area contributed by atoms with E-state index in [1.54, 1.807) is 4.90 Å². The number of nitrogens with zero attached hydrogens (tertiary/aromatic N) is 1.